The number of hydrogen-bond acceptors (Lipinski definition) is 5. The monoisotopic (exact) mass is 416 g/mol. The molecule has 0 unspecified atom stereocenters. The molecule has 10 heteroatoms. The van der Waals surface area contributed by atoms with Crippen LogP contribution in [-0.2, 0) is 20.9 Å². The van der Waals surface area contributed by atoms with Gasteiger partial charge in [0.15, 0.2) is 23.8 Å². The average molecular weight is 416 g/mol. The lowest BCUT2D eigenvalue weighted by Gasteiger charge is -2.34. The number of rotatable bonds is 4. The Hall–Kier alpha value is -3.37. The van der Waals surface area contributed by atoms with Gasteiger partial charge in [0.2, 0.25) is 0 Å². The number of amides is 2. The van der Waals surface area contributed by atoms with E-state index in [0.29, 0.717) is 18.1 Å². The minimum absolute atomic E-state index is 0.00632. The van der Waals surface area contributed by atoms with E-state index in [4.69, 9.17) is 10.1 Å². The molecule has 2 aromatic carbocycles. The topological polar surface area (TPSA) is 115 Å². The van der Waals surface area contributed by atoms with E-state index in [2.05, 4.69) is 10.6 Å². The van der Waals surface area contributed by atoms with Crippen molar-refractivity contribution in [3.05, 3.63) is 59.2 Å². The Morgan fingerprint density at radius 2 is 2.07 bits per heavy atom. The highest BCUT2D eigenvalue weighted by Gasteiger charge is 2.39. The predicted octanol–water partition coefficient (Wildman–Crippen LogP) is 1.12. The number of carbonyl (C=O) groups is 2. The van der Waals surface area contributed by atoms with Gasteiger partial charge in [0, 0.05) is 36.1 Å². The highest BCUT2D eigenvalue weighted by molar-refractivity contribution is 6.04. The van der Waals surface area contributed by atoms with Crippen LogP contribution in [0.25, 0.3) is 0 Å². The molecule has 2 aromatic rings. The van der Waals surface area contributed by atoms with Gasteiger partial charge in [0.05, 0.1) is 6.61 Å². The van der Waals surface area contributed by atoms with Gasteiger partial charge in [0.1, 0.15) is 5.84 Å². The quantitative estimate of drug-likeness (QED) is 0.597. The van der Waals surface area contributed by atoms with E-state index >= 15 is 0 Å². The second kappa shape index (κ2) is 7.81. The van der Waals surface area contributed by atoms with Crippen LogP contribution in [0.4, 0.5) is 20.2 Å². The summed E-state index contributed by atoms with van der Waals surface area (Å²) in [5.41, 5.74) is 2.05. The molecule has 30 heavy (non-hydrogen) atoms. The summed E-state index contributed by atoms with van der Waals surface area (Å²) in [4.78, 5) is 26.3. The van der Waals surface area contributed by atoms with Gasteiger partial charge in [-0.2, -0.15) is 0 Å². The zero-order valence-corrected chi connectivity index (χ0v) is 15.6. The third kappa shape index (κ3) is 3.62. The van der Waals surface area contributed by atoms with Crippen molar-refractivity contribution in [1.29, 1.82) is 5.41 Å². The summed E-state index contributed by atoms with van der Waals surface area (Å²) in [6.07, 6.45) is -3.30. The molecule has 4 N–H and O–H groups in total. The lowest BCUT2D eigenvalue weighted by Crippen LogP contribution is -2.55. The van der Waals surface area contributed by atoms with Gasteiger partial charge in [0.25, 0.3) is 11.8 Å². The molecule has 0 radical (unpaired) electrons. The van der Waals surface area contributed by atoms with Gasteiger partial charge in [-0.15, -0.1) is 0 Å². The molecule has 1 fully saturated rings. The molecule has 0 spiro atoms. The van der Waals surface area contributed by atoms with Crippen molar-refractivity contribution in [2.24, 2.45) is 0 Å². The maximum Gasteiger partial charge on any atom is 0.259 e. The molecule has 156 valence electrons. The molecule has 0 aromatic heterocycles. The maximum atomic E-state index is 13.5. The van der Waals surface area contributed by atoms with Crippen molar-refractivity contribution < 1.29 is 28.2 Å². The van der Waals surface area contributed by atoms with Crippen molar-refractivity contribution in [3.63, 3.8) is 0 Å². The van der Waals surface area contributed by atoms with Crippen molar-refractivity contribution >= 4 is 29.0 Å². The van der Waals surface area contributed by atoms with Gasteiger partial charge in [-0.1, -0.05) is 0 Å². The standard InChI is InChI=1S/C20H18F2N4O4/c21-14-4-2-12(8-15(14)22)26-5-6-30-17(20(26)29)16(27)19(28)25-11-1-3-13-10(7-11)9-24-18(13)23/h1-4,7-8,16-17,27H,5-6,9H2,(H2,23,24)(H,25,28)/t16-,17-/m1/s1. The predicted molar refractivity (Wildman–Crippen MR) is 103 cm³/mol. The van der Waals surface area contributed by atoms with E-state index in [1.807, 2.05) is 0 Å². The summed E-state index contributed by atoms with van der Waals surface area (Å²) in [5, 5.41) is 23.6. The fourth-order valence-electron chi connectivity index (χ4n) is 3.44. The Morgan fingerprint density at radius 1 is 1.27 bits per heavy atom. The number of hydrogen-bond donors (Lipinski definition) is 4. The van der Waals surface area contributed by atoms with Gasteiger partial charge in [-0.05, 0) is 35.9 Å². The van der Waals surface area contributed by atoms with E-state index in [1.165, 1.54) is 6.07 Å². The lowest BCUT2D eigenvalue weighted by molar-refractivity contribution is -0.150. The van der Waals surface area contributed by atoms with Crippen molar-refractivity contribution in [2.45, 2.75) is 18.8 Å². The minimum Gasteiger partial charge on any atom is -0.380 e. The number of aliphatic hydroxyl groups excluding tert-OH is 1. The zero-order chi connectivity index (χ0) is 21.4. The molecule has 8 nitrogen and oxygen atoms in total. The minimum atomic E-state index is -1.81. The van der Waals surface area contributed by atoms with E-state index in [9.17, 15) is 23.5 Å². The number of anilines is 2. The Kier molecular flexibility index (Phi) is 5.18. The molecule has 1 saturated heterocycles. The second-order valence-electron chi connectivity index (χ2n) is 6.91. The van der Waals surface area contributed by atoms with Crippen LogP contribution >= 0.6 is 0 Å². The highest BCUT2D eigenvalue weighted by atomic mass is 19.2. The molecule has 4 rings (SSSR count). The number of carbonyl (C=O) groups excluding carboxylic acids is 2. The Morgan fingerprint density at radius 3 is 2.83 bits per heavy atom. The van der Waals surface area contributed by atoms with Crippen LogP contribution in [0.3, 0.4) is 0 Å². The Bertz CT molecular complexity index is 1050. The summed E-state index contributed by atoms with van der Waals surface area (Å²) in [6.45, 7) is 0.527. The number of aliphatic hydroxyl groups is 1. The summed E-state index contributed by atoms with van der Waals surface area (Å²) < 4.78 is 32.0. The summed E-state index contributed by atoms with van der Waals surface area (Å²) in [6, 6.07) is 7.94. The number of halogens is 2. The van der Waals surface area contributed by atoms with E-state index in [1.54, 1.807) is 18.2 Å². The van der Waals surface area contributed by atoms with Crippen LogP contribution in [0.2, 0.25) is 0 Å². The normalized spacial score (nSPS) is 19.3. The lowest BCUT2D eigenvalue weighted by atomic mass is 10.1. The number of morpholine rings is 1. The molecular formula is C20H18F2N4O4. The van der Waals surface area contributed by atoms with Gasteiger partial charge in [-0.3, -0.25) is 15.0 Å². The molecule has 2 heterocycles. The third-order valence-corrected chi connectivity index (χ3v) is 4.99. The summed E-state index contributed by atoms with van der Waals surface area (Å²) in [7, 11) is 0. The molecule has 0 bridgehead atoms. The zero-order valence-electron chi connectivity index (χ0n) is 15.6. The molecule has 2 amide bonds. The number of nitrogens with zero attached hydrogens (tertiary/aromatic N) is 1. The first-order valence-electron chi connectivity index (χ1n) is 9.18. The number of ether oxygens (including phenoxy) is 1. The number of fused-ring (bicyclic) bond motifs is 1. The molecule has 0 aliphatic carbocycles. The van der Waals surface area contributed by atoms with Crippen molar-refractivity contribution in [3.8, 4) is 0 Å². The van der Waals surface area contributed by atoms with E-state index in [0.717, 1.165) is 28.2 Å². The largest absolute Gasteiger partial charge is 0.380 e. The average Bonchev–Trinajstić information content (AvgIpc) is 3.10. The van der Waals surface area contributed by atoms with Gasteiger partial charge < -0.3 is 25.4 Å². The Balaban J connectivity index is 1.47. The molecular weight excluding hydrogens is 398 g/mol. The maximum absolute atomic E-state index is 13.5. The molecule has 2 atom stereocenters. The van der Waals surface area contributed by atoms with Crippen molar-refractivity contribution in [1.82, 2.24) is 5.32 Å². The SMILES string of the molecule is N=C1NCc2cc(NC(=O)[C@H](O)[C@H]3OCCN(c4ccc(F)c(F)c4)C3=O)ccc21. The molecule has 2 aliphatic rings. The van der Waals surface area contributed by atoms with Gasteiger partial charge >= 0.3 is 0 Å². The first-order valence-corrected chi connectivity index (χ1v) is 9.18. The van der Waals surface area contributed by atoms with E-state index in [-0.39, 0.29) is 18.8 Å². The smallest absolute Gasteiger partial charge is 0.259 e. The van der Waals surface area contributed by atoms with E-state index < -0.39 is 35.7 Å². The van der Waals surface area contributed by atoms with Crippen LogP contribution in [0, 0.1) is 17.0 Å². The highest BCUT2D eigenvalue weighted by Crippen LogP contribution is 2.24. The summed E-state index contributed by atoms with van der Waals surface area (Å²) >= 11 is 0. The Labute approximate surface area is 170 Å². The van der Waals surface area contributed by atoms with Crippen molar-refractivity contribution in [2.75, 3.05) is 23.4 Å². The van der Waals surface area contributed by atoms with Crippen LogP contribution in [0.5, 0.6) is 0 Å². The van der Waals surface area contributed by atoms with Crippen LogP contribution < -0.4 is 15.5 Å². The fraction of sp³-hybridized carbons (Fsp3) is 0.250. The second-order valence-corrected chi connectivity index (χ2v) is 6.91. The first-order chi connectivity index (χ1) is 14.3. The van der Waals surface area contributed by atoms with Crippen LogP contribution in [-0.4, -0.2) is 48.1 Å². The summed E-state index contributed by atoms with van der Waals surface area (Å²) in [5.74, 6) is -3.44. The van der Waals surface area contributed by atoms with Crippen LogP contribution in [0.1, 0.15) is 11.1 Å². The fourth-order valence-corrected chi connectivity index (χ4v) is 3.44. The van der Waals surface area contributed by atoms with Gasteiger partial charge in [-0.25, -0.2) is 8.78 Å². The van der Waals surface area contributed by atoms with Crippen LogP contribution in [0.15, 0.2) is 36.4 Å². The molecule has 0 saturated carbocycles. The first kappa shape index (κ1) is 19.9. The third-order valence-electron chi connectivity index (χ3n) is 4.99. The number of nitrogens with one attached hydrogen (secondary N) is 3. The molecule has 2 aliphatic heterocycles. The number of benzene rings is 2. The number of amidine groups is 1.